The van der Waals surface area contributed by atoms with E-state index >= 15 is 0 Å². The second-order valence-electron chi connectivity index (χ2n) is 4.41. The molecule has 1 amide bonds. The number of thiol groups is 1. The Bertz CT molecular complexity index is 491. The molecule has 0 aromatic carbocycles. The predicted molar refractivity (Wildman–Crippen MR) is 57.3 cm³/mol. The zero-order valence-electron chi connectivity index (χ0n) is 10.9. The molecule has 0 spiro atoms. The number of carbonyl (C=O) groups is 1. The molecule has 0 aromatic heterocycles. The molecule has 0 bridgehead atoms. The molecule has 0 unspecified atom stereocenters. The van der Waals surface area contributed by atoms with Crippen LogP contribution in [0.2, 0.25) is 0 Å². The molecule has 0 aliphatic rings. The van der Waals surface area contributed by atoms with Crippen LogP contribution in [-0.4, -0.2) is 47.2 Å². The van der Waals surface area contributed by atoms with Gasteiger partial charge in [0.2, 0.25) is 0 Å². The van der Waals surface area contributed by atoms with E-state index in [1.165, 1.54) is 0 Å². The van der Waals surface area contributed by atoms with Crippen molar-refractivity contribution < 1.29 is 57.5 Å². The summed E-state index contributed by atoms with van der Waals surface area (Å²) < 4.78 is 156. The summed E-state index contributed by atoms with van der Waals surface area (Å²) >= 11 is 2.97. The molecule has 0 atom stereocenters. The fraction of sp³-hybridized carbons (Fsp3) is 0.889. The highest BCUT2D eigenvalue weighted by Gasteiger charge is 2.90. The second-order valence-corrected chi connectivity index (χ2v) is 4.86. The van der Waals surface area contributed by atoms with E-state index in [4.69, 9.17) is 0 Å². The largest absolute Gasteiger partial charge is 0.392 e. The number of halogens is 12. The third-order valence-electron chi connectivity index (χ3n) is 2.77. The summed E-state index contributed by atoms with van der Waals surface area (Å²) in [6, 6.07) is 0. The third-order valence-corrected chi connectivity index (χ3v) is 3.00. The lowest BCUT2D eigenvalue weighted by Gasteiger charge is -2.40. The van der Waals surface area contributed by atoms with Crippen molar-refractivity contribution in [3.63, 3.8) is 0 Å². The zero-order valence-corrected chi connectivity index (χ0v) is 11.8. The normalized spacial score (nSPS) is 15.5. The maximum absolute atomic E-state index is 13.1. The first-order chi connectivity index (χ1) is 10.3. The highest BCUT2D eigenvalue weighted by atomic mass is 32.1. The number of rotatable bonds is 8. The van der Waals surface area contributed by atoms with Crippen molar-refractivity contribution in [2.24, 2.45) is 5.73 Å². The lowest BCUT2D eigenvalue weighted by Crippen LogP contribution is -2.72. The highest BCUT2D eigenvalue weighted by molar-refractivity contribution is 7.80. The summed E-state index contributed by atoms with van der Waals surface area (Å²) in [6.07, 6.45) is -2.27. The first kappa shape index (κ1) is 23.0. The number of alkyl halides is 12. The van der Waals surface area contributed by atoms with Gasteiger partial charge in [0.15, 0.2) is 0 Å². The van der Waals surface area contributed by atoms with Gasteiger partial charge < -0.3 is 5.73 Å². The van der Waals surface area contributed by atoms with E-state index in [2.05, 4.69) is 18.4 Å². The average Bonchev–Trinajstić information content (AvgIpc) is 2.37. The van der Waals surface area contributed by atoms with E-state index in [1.54, 1.807) is 0 Å². The summed E-state index contributed by atoms with van der Waals surface area (Å²) in [6.45, 7) is 0. The van der Waals surface area contributed by atoms with E-state index in [9.17, 15) is 57.5 Å². The lowest BCUT2D eigenvalue weighted by atomic mass is 9.90. The van der Waals surface area contributed by atoms with Crippen LogP contribution in [-0.2, 0) is 4.79 Å². The maximum atomic E-state index is 13.1. The Hall–Kier alpha value is -1.02. The van der Waals surface area contributed by atoms with Gasteiger partial charge in [-0.1, -0.05) is 0 Å². The van der Waals surface area contributed by atoms with Crippen LogP contribution in [0, 0.1) is 0 Å². The third kappa shape index (κ3) is 2.87. The minimum Gasteiger partial charge on any atom is -0.364 e. The monoisotopic (exact) mass is 405 g/mol. The first-order valence-electron chi connectivity index (χ1n) is 5.43. The molecule has 0 aliphatic heterocycles. The molecular weight excluding hydrogens is 398 g/mol. The Balaban J connectivity index is 6.32. The van der Waals surface area contributed by atoms with Gasteiger partial charge >= 0.3 is 35.5 Å². The van der Waals surface area contributed by atoms with Crippen molar-refractivity contribution in [3.8, 4) is 0 Å². The average molecular weight is 405 g/mol. The quantitative estimate of drug-likeness (QED) is 0.471. The molecule has 0 fully saturated rings. The van der Waals surface area contributed by atoms with Crippen molar-refractivity contribution >= 4 is 18.5 Å². The fourth-order valence-electron chi connectivity index (χ4n) is 1.27. The molecule has 0 rings (SSSR count). The van der Waals surface area contributed by atoms with Crippen molar-refractivity contribution in [1.29, 1.82) is 0 Å². The van der Waals surface area contributed by atoms with Gasteiger partial charge in [0.1, 0.15) is 0 Å². The standard InChI is InChI=1S/C9H7F12NOS/c10-4(11,1-2-24)6(14,15)8(18,19)9(20,21)7(16,17)5(12,13)3(22)23/h24H,1-2H2,(H2,22,23). The number of hydrogen-bond acceptors (Lipinski definition) is 2. The van der Waals surface area contributed by atoms with Crippen LogP contribution in [0.4, 0.5) is 52.7 Å². The zero-order chi connectivity index (χ0) is 20.0. The summed E-state index contributed by atoms with van der Waals surface area (Å²) in [4.78, 5) is 10.1. The van der Waals surface area contributed by atoms with Crippen molar-refractivity contribution in [2.45, 2.75) is 42.0 Å². The van der Waals surface area contributed by atoms with Crippen molar-refractivity contribution in [3.05, 3.63) is 0 Å². The van der Waals surface area contributed by atoms with E-state index < -0.39 is 53.6 Å². The highest BCUT2D eigenvalue weighted by Crippen LogP contribution is 2.60. The molecule has 0 saturated heterocycles. The van der Waals surface area contributed by atoms with Gasteiger partial charge in [-0.2, -0.15) is 65.3 Å². The van der Waals surface area contributed by atoms with Gasteiger partial charge in [0.05, 0.1) is 0 Å². The molecule has 0 saturated carbocycles. The lowest BCUT2D eigenvalue weighted by molar-refractivity contribution is -0.420. The number of nitrogens with two attached hydrogens (primary N) is 1. The number of hydrogen-bond donors (Lipinski definition) is 2. The van der Waals surface area contributed by atoms with Crippen molar-refractivity contribution in [1.82, 2.24) is 0 Å². The van der Waals surface area contributed by atoms with Crippen LogP contribution in [0.25, 0.3) is 0 Å². The fourth-order valence-corrected chi connectivity index (χ4v) is 1.55. The van der Waals surface area contributed by atoms with Gasteiger partial charge in [-0.05, 0) is 5.75 Å². The SMILES string of the molecule is NC(=O)C(F)(F)C(F)(F)C(F)(F)C(F)(F)C(F)(F)C(F)(F)CCS. The summed E-state index contributed by atoms with van der Waals surface area (Å²) in [7, 11) is 0. The summed E-state index contributed by atoms with van der Waals surface area (Å²) in [5, 5.41) is 0. The second kappa shape index (κ2) is 6.05. The molecule has 0 radical (unpaired) electrons. The Kier molecular flexibility index (Phi) is 5.80. The minimum absolute atomic E-state index is 1.27. The van der Waals surface area contributed by atoms with E-state index in [1.807, 2.05) is 0 Å². The van der Waals surface area contributed by atoms with E-state index in [-0.39, 0.29) is 0 Å². The van der Waals surface area contributed by atoms with Crippen LogP contribution in [0.3, 0.4) is 0 Å². The van der Waals surface area contributed by atoms with Crippen LogP contribution in [0.1, 0.15) is 6.42 Å². The molecule has 2 nitrogen and oxygen atoms in total. The number of carbonyl (C=O) groups excluding carboxylic acids is 1. The molecule has 144 valence electrons. The topological polar surface area (TPSA) is 43.1 Å². The molecule has 2 N–H and O–H groups in total. The Morgan fingerprint density at radius 3 is 1.33 bits per heavy atom. The molecule has 0 aliphatic carbocycles. The minimum atomic E-state index is -7.78. The van der Waals surface area contributed by atoms with E-state index in [0.29, 0.717) is 0 Å². The maximum Gasteiger partial charge on any atom is 0.392 e. The van der Waals surface area contributed by atoms with Gasteiger partial charge in [-0.25, -0.2) is 0 Å². The number of amides is 1. The predicted octanol–water partition coefficient (Wildman–Crippen LogP) is 3.60. The van der Waals surface area contributed by atoms with Gasteiger partial charge in [-0.3, -0.25) is 4.79 Å². The molecule has 0 heterocycles. The van der Waals surface area contributed by atoms with Gasteiger partial charge in [0, 0.05) is 6.42 Å². The van der Waals surface area contributed by atoms with Crippen molar-refractivity contribution in [2.75, 3.05) is 5.75 Å². The summed E-state index contributed by atoms with van der Waals surface area (Å²) in [5.41, 5.74) is 3.65. The van der Waals surface area contributed by atoms with Crippen LogP contribution < -0.4 is 5.73 Å². The number of primary amides is 1. The smallest absolute Gasteiger partial charge is 0.364 e. The van der Waals surface area contributed by atoms with Crippen LogP contribution >= 0.6 is 12.6 Å². The molecule has 15 heteroatoms. The van der Waals surface area contributed by atoms with Gasteiger partial charge in [0.25, 0.3) is 5.91 Å². The van der Waals surface area contributed by atoms with Crippen LogP contribution in [0.5, 0.6) is 0 Å². The summed E-state index contributed by atoms with van der Waals surface area (Å²) in [5.74, 6) is -47.7. The van der Waals surface area contributed by atoms with E-state index in [0.717, 1.165) is 0 Å². The Morgan fingerprint density at radius 1 is 0.708 bits per heavy atom. The first-order valence-corrected chi connectivity index (χ1v) is 6.06. The molecular formula is C9H7F12NOS. The van der Waals surface area contributed by atoms with Gasteiger partial charge in [-0.15, -0.1) is 0 Å². The Labute approximate surface area is 130 Å². The molecule has 24 heavy (non-hydrogen) atoms. The molecule has 0 aromatic rings. The Morgan fingerprint density at radius 2 is 1.04 bits per heavy atom. The van der Waals surface area contributed by atoms with Crippen LogP contribution in [0.15, 0.2) is 0 Å².